The summed E-state index contributed by atoms with van der Waals surface area (Å²) < 4.78 is 7.22. The second kappa shape index (κ2) is 9.77. The summed E-state index contributed by atoms with van der Waals surface area (Å²) in [5.41, 5.74) is 4.93. The maximum Gasteiger partial charge on any atom is 0.312 e. The zero-order valence-electron chi connectivity index (χ0n) is 20.8. The van der Waals surface area contributed by atoms with E-state index >= 15 is 0 Å². The lowest BCUT2D eigenvalue weighted by Crippen LogP contribution is -2.42. The van der Waals surface area contributed by atoms with Crippen LogP contribution in [0.2, 0.25) is 0 Å². The maximum atomic E-state index is 13.6. The number of benzene rings is 3. The summed E-state index contributed by atoms with van der Waals surface area (Å²) in [4.78, 5) is 26.5. The lowest BCUT2D eigenvalue weighted by atomic mass is 10.0. The number of anilines is 1. The molecule has 1 aliphatic rings. The predicted octanol–water partition coefficient (Wildman–Crippen LogP) is 5.23. The van der Waals surface area contributed by atoms with Crippen molar-refractivity contribution < 1.29 is 14.5 Å². The number of nitrogens with one attached hydrogen (secondary N) is 1. The van der Waals surface area contributed by atoms with Gasteiger partial charge >= 0.3 is 5.69 Å². The van der Waals surface area contributed by atoms with E-state index in [0.717, 1.165) is 22.4 Å². The smallest absolute Gasteiger partial charge is 0.312 e. The van der Waals surface area contributed by atoms with E-state index in [1.165, 1.54) is 0 Å². The number of hydrogen-bond acceptors (Lipinski definition) is 6. The first-order valence-electron chi connectivity index (χ1n) is 11.9. The molecule has 1 atom stereocenters. The normalized spacial score (nSPS) is 14.7. The SMILES string of the molecule is COc1ccc(C2Nc3ccccc3C(=O)N2Cc2ccccc2)cc1Cn1nc(C)c([N+](=O)[O-])c1C. The molecule has 1 aromatic heterocycles. The van der Waals surface area contributed by atoms with Gasteiger partial charge in [0.2, 0.25) is 0 Å². The molecule has 5 rings (SSSR count). The Morgan fingerprint density at radius 3 is 2.46 bits per heavy atom. The van der Waals surface area contributed by atoms with Crippen molar-refractivity contribution >= 4 is 17.3 Å². The number of nitrogens with zero attached hydrogens (tertiary/aromatic N) is 4. The van der Waals surface area contributed by atoms with Crippen molar-refractivity contribution in [2.45, 2.75) is 33.1 Å². The number of carbonyl (C=O) groups is 1. The van der Waals surface area contributed by atoms with Gasteiger partial charge in [-0.2, -0.15) is 5.10 Å². The summed E-state index contributed by atoms with van der Waals surface area (Å²) >= 11 is 0. The lowest BCUT2D eigenvalue weighted by Gasteiger charge is -2.38. The Bertz CT molecular complexity index is 1480. The van der Waals surface area contributed by atoms with E-state index in [1.807, 2.05) is 77.7 Å². The van der Waals surface area contributed by atoms with Gasteiger partial charge in [-0.15, -0.1) is 0 Å². The quantitative estimate of drug-likeness (QED) is 0.277. The highest BCUT2D eigenvalue weighted by molar-refractivity contribution is 6.01. The van der Waals surface area contributed by atoms with Gasteiger partial charge in [-0.1, -0.05) is 48.5 Å². The summed E-state index contributed by atoms with van der Waals surface area (Å²) in [7, 11) is 1.59. The molecule has 0 aliphatic carbocycles. The molecule has 37 heavy (non-hydrogen) atoms. The van der Waals surface area contributed by atoms with E-state index in [-0.39, 0.29) is 18.1 Å². The van der Waals surface area contributed by atoms with Crippen LogP contribution in [0.3, 0.4) is 0 Å². The van der Waals surface area contributed by atoms with Crippen LogP contribution in [-0.4, -0.2) is 32.6 Å². The van der Waals surface area contributed by atoms with Crippen molar-refractivity contribution in [2.24, 2.45) is 0 Å². The average Bonchev–Trinajstić information content (AvgIpc) is 3.18. The Balaban J connectivity index is 1.55. The van der Waals surface area contributed by atoms with Gasteiger partial charge in [-0.3, -0.25) is 19.6 Å². The van der Waals surface area contributed by atoms with E-state index in [1.54, 1.807) is 25.6 Å². The number of methoxy groups -OCH3 is 1. The molecule has 1 N–H and O–H groups in total. The highest BCUT2D eigenvalue weighted by atomic mass is 16.6. The minimum absolute atomic E-state index is 0.0142. The van der Waals surface area contributed by atoms with Gasteiger partial charge in [-0.05, 0) is 49.2 Å². The Hall–Kier alpha value is -4.66. The minimum atomic E-state index is -0.429. The molecule has 0 fully saturated rings. The van der Waals surface area contributed by atoms with Crippen LogP contribution in [0.4, 0.5) is 11.4 Å². The second-order valence-electron chi connectivity index (χ2n) is 9.02. The third kappa shape index (κ3) is 4.51. The van der Waals surface area contributed by atoms with Crippen LogP contribution in [0.15, 0.2) is 72.8 Å². The molecule has 9 heteroatoms. The number of carbonyl (C=O) groups excluding carboxylic acids is 1. The molecule has 0 spiro atoms. The van der Waals surface area contributed by atoms with Gasteiger partial charge in [0.25, 0.3) is 5.91 Å². The number of ether oxygens (including phenoxy) is 1. The fourth-order valence-corrected chi connectivity index (χ4v) is 4.86. The summed E-state index contributed by atoms with van der Waals surface area (Å²) in [5.74, 6) is 0.575. The molecule has 3 aromatic carbocycles. The summed E-state index contributed by atoms with van der Waals surface area (Å²) in [6, 6.07) is 23.1. The Kier molecular flexibility index (Phi) is 6.35. The molecule has 1 unspecified atom stereocenters. The third-order valence-corrected chi connectivity index (χ3v) is 6.68. The Labute approximate surface area is 214 Å². The van der Waals surface area contributed by atoms with Crippen molar-refractivity contribution in [3.8, 4) is 5.75 Å². The maximum absolute atomic E-state index is 13.6. The largest absolute Gasteiger partial charge is 0.496 e. The van der Waals surface area contributed by atoms with E-state index in [0.29, 0.717) is 29.2 Å². The van der Waals surface area contributed by atoms with Crippen molar-refractivity contribution in [1.29, 1.82) is 0 Å². The van der Waals surface area contributed by atoms with Gasteiger partial charge in [0, 0.05) is 17.8 Å². The second-order valence-corrected chi connectivity index (χ2v) is 9.02. The Morgan fingerprint density at radius 2 is 1.76 bits per heavy atom. The molecule has 1 amide bonds. The zero-order valence-corrected chi connectivity index (χ0v) is 20.8. The first-order valence-corrected chi connectivity index (χ1v) is 11.9. The molecular weight excluding hydrogens is 470 g/mol. The fraction of sp³-hybridized carbons (Fsp3) is 0.214. The van der Waals surface area contributed by atoms with Gasteiger partial charge in [0.1, 0.15) is 23.3 Å². The fourth-order valence-electron chi connectivity index (χ4n) is 4.86. The Morgan fingerprint density at radius 1 is 1.03 bits per heavy atom. The van der Waals surface area contributed by atoms with Crippen LogP contribution in [0.5, 0.6) is 5.75 Å². The van der Waals surface area contributed by atoms with Crippen LogP contribution in [0, 0.1) is 24.0 Å². The van der Waals surface area contributed by atoms with Crippen LogP contribution in [0.1, 0.15) is 44.6 Å². The summed E-state index contributed by atoms with van der Waals surface area (Å²) in [6.07, 6.45) is -0.429. The third-order valence-electron chi connectivity index (χ3n) is 6.68. The van der Waals surface area contributed by atoms with E-state index in [9.17, 15) is 14.9 Å². The van der Waals surface area contributed by atoms with Gasteiger partial charge in [0.05, 0.1) is 24.1 Å². The predicted molar refractivity (Wildman–Crippen MR) is 140 cm³/mol. The van der Waals surface area contributed by atoms with Gasteiger partial charge in [0.15, 0.2) is 0 Å². The number of rotatable bonds is 7. The molecule has 2 heterocycles. The number of para-hydroxylation sites is 1. The monoisotopic (exact) mass is 497 g/mol. The highest BCUT2D eigenvalue weighted by Crippen LogP contribution is 2.36. The van der Waals surface area contributed by atoms with Crippen LogP contribution in [0.25, 0.3) is 0 Å². The van der Waals surface area contributed by atoms with Gasteiger partial charge in [-0.25, -0.2) is 0 Å². The molecule has 0 saturated carbocycles. The number of hydrogen-bond donors (Lipinski definition) is 1. The van der Waals surface area contributed by atoms with E-state index in [4.69, 9.17) is 4.74 Å². The van der Waals surface area contributed by atoms with Crippen molar-refractivity contribution in [2.75, 3.05) is 12.4 Å². The molecule has 1 aliphatic heterocycles. The van der Waals surface area contributed by atoms with Crippen LogP contribution >= 0.6 is 0 Å². The molecule has 188 valence electrons. The molecule has 0 saturated heterocycles. The molecule has 9 nitrogen and oxygen atoms in total. The first kappa shape index (κ1) is 24.1. The van der Waals surface area contributed by atoms with E-state index in [2.05, 4.69) is 10.4 Å². The standard InChI is InChI=1S/C28H27N5O4/c1-18-26(33(35)36)19(2)32(30-18)17-22-15-21(13-14-25(22)37-3)27-29-24-12-8-7-11-23(24)28(34)31(27)16-20-9-5-4-6-10-20/h4-15,27,29H,16-17H2,1-3H3. The summed E-state index contributed by atoms with van der Waals surface area (Å²) in [5, 5.41) is 19.4. The van der Waals surface area contributed by atoms with Crippen molar-refractivity contribution in [3.63, 3.8) is 0 Å². The molecule has 0 radical (unpaired) electrons. The molecule has 0 bridgehead atoms. The van der Waals surface area contributed by atoms with Crippen molar-refractivity contribution in [1.82, 2.24) is 14.7 Å². The van der Waals surface area contributed by atoms with Crippen LogP contribution in [-0.2, 0) is 13.1 Å². The topological polar surface area (TPSA) is 103 Å². The number of nitro groups is 1. The number of aryl methyl sites for hydroxylation is 1. The zero-order chi connectivity index (χ0) is 26.1. The van der Waals surface area contributed by atoms with Gasteiger partial charge < -0.3 is 15.0 Å². The van der Waals surface area contributed by atoms with E-state index < -0.39 is 11.1 Å². The first-order chi connectivity index (χ1) is 17.9. The number of amides is 1. The number of fused-ring (bicyclic) bond motifs is 1. The lowest BCUT2D eigenvalue weighted by molar-refractivity contribution is -0.386. The van der Waals surface area contributed by atoms with Crippen LogP contribution < -0.4 is 10.1 Å². The highest BCUT2D eigenvalue weighted by Gasteiger charge is 2.33. The molecular formula is C28H27N5O4. The van der Waals surface area contributed by atoms with Crippen molar-refractivity contribution in [3.05, 3.63) is 117 Å². The number of aromatic nitrogens is 2. The summed E-state index contributed by atoms with van der Waals surface area (Å²) in [6.45, 7) is 4.03. The molecule has 4 aromatic rings. The average molecular weight is 498 g/mol. The minimum Gasteiger partial charge on any atom is -0.496 e.